The van der Waals surface area contributed by atoms with Crippen molar-refractivity contribution >= 4 is 23.2 Å². The second kappa shape index (κ2) is 5.19. The molecule has 0 saturated carbocycles. The molecule has 1 unspecified atom stereocenters. The van der Waals surface area contributed by atoms with Gasteiger partial charge in [-0.2, -0.15) is 5.10 Å². The number of nitrogens with one attached hydrogen (secondary N) is 2. The molecule has 0 bridgehead atoms. The summed E-state index contributed by atoms with van der Waals surface area (Å²) in [5.74, 6) is 0.0631. The lowest BCUT2D eigenvalue weighted by Crippen LogP contribution is -2.36. The fourth-order valence-corrected chi connectivity index (χ4v) is 1.97. The Kier molecular flexibility index (Phi) is 3.64. The summed E-state index contributed by atoms with van der Waals surface area (Å²) in [4.78, 5) is 11.0. The zero-order valence-corrected chi connectivity index (χ0v) is 10.3. The van der Waals surface area contributed by atoms with E-state index in [0.29, 0.717) is 11.4 Å². The fourth-order valence-electron chi connectivity index (χ4n) is 1.70. The van der Waals surface area contributed by atoms with E-state index in [1.807, 2.05) is 31.2 Å². The second-order valence-corrected chi connectivity index (χ2v) is 4.37. The average molecular weight is 252 g/mol. The third-order valence-corrected chi connectivity index (χ3v) is 2.98. The van der Waals surface area contributed by atoms with Crippen molar-refractivity contribution < 1.29 is 4.79 Å². The Morgan fingerprint density at radius 3 is 2.94 bits per heavy atom. The van der Waals surface area contributed by atoms with Gasteiger partial charge in [0.2, 0.25) is 5.91 Å². The predicted molar refractivity (Wildman–Crippen MR) is 68.0 cm³/mol. The number of amides is 1. The number of nitrogens with zero attached hydrogens (tertiary/aromatic N) is 1. The molecule has 17 heavy (non-hydrogen) atoms. The Hall–Kier alpha value is -1.55. The minimum absolute atomic E-state index is 0.0631. The maximum absolute atomic E-state index is 11.0. The molecule has 5 heteroatoms. The molecule has 1 aliphatic rings. The predicted octanol–water partition coefficient (Wildman–Crippen LogP) is 1.89. The quantitative estimate of drug-likeness (QED) is 0.637. The maximum atomic E-state index is 11.0. The van der Waals surface area contributed by atoms with E-state index >= 15 is 0 Å². The molecule has 1 saturated heterocycles. The maximum Gasteiger partial charge on any atom is 0.221 e. The van der Waals surface area contributed by atoms with Crippen LogP contribution in [0.5, 0.6) is 0 Å². The molecule has 2 N–H and O–H groups in total. The molecule has 90 valence electrons. The molecule has 4 nitrogen and oxygen atoms in total. The summed E-state index contributed by atoms with van der Waals surface area (Å²) in [6.07, 6.45) is 1.25. The highest BCUT2D eigenvalue weighted by Crippen LogP contribution is 2.15. The number of carbonyl (C=O) groups excluding carboxylic acids is 1. The van der Waals surface area contributed by atoms with Gasteiger partial charge in [-0.05, 0) is 19.4 Å². The van der Waals surface area contributed by atoms with Crippen LogP contribution in [0.3, 0.4) is 0 Å². The van der Waals surface area contributed by atoms with Crippen molar-refractivity contribution in [2.24, 2.45) is 5.10 Å². The smallest absolute Gasteiger partial charge is 0.221 e. The van der Waals surface area contributed by atoms with Gasteiger partial charge in [0.15, 0.2) is 0 Å². The average Bonchev–Trinajstić information content (AvgIpc) is 2.73. The zero-order valence-electron chi connectivity index (χ0n) is 9.53. The molecule has 1 heterocycles. The number of carbonyl (C=O) groups is 1. The Bertz CT molecular complexity index is 459. The molecular formula is C12H14ClN3O. The third kappa shape index (κ3) is 2.97. The molecule has 1 aliphatic heterocycles. The highest BCUT2D eigenvalue weighted by atomic mass is 35.5. The SMILES string of the molecule is CC(=NNC1CCC(=O)N1)c1ccccc1Cl. The van der Waals surface area contributed by atoms with Crippen LogP contribution >= 0.6 is 11.6 Å². The van der Waals surface area contributed by atoms with Gasteiger partial charge in [0.1, 0.15) is 6.17 Å². The molecule has 0 spiro atoms. The standard InChI is InChI=1S/C12H14ClN3O/c1-8(9-4-2-3-5-10(9)13)15-16-11-6-7-12(17)14-11/h2-5,11,16H,6-7H2,1H3,(H,14,17). The van der Waals surface area contributed by atoms with Gasteiger partial charge in [-0.1, -0.05) is 29.8 Å². The summed E-state index contributed by atoms with van der Waals surface area (Å²) in [6.45, 7) is 1.88. The minimum atomic E-state index is -0.0695. The molecule has 0 aromatic heterocycles. The lowest BCUT2D eigenvalue weighted by Gasteiger charge is -2.10. The van der Waals surface area contributed by atoms with Crippen LogP contribution in [0.15, 0.2) is 29.4 Å². The molecule has 0 radical (unpaired) electrons. The Morgan fingerprint density at radius 1 is 1.53 bits per heavy atom. The monoisotopic (exact) mass is 251 g/mol. The van der Waals surface area contributed by atoms with Gasteiger partial charge in [-0.3, -0.25) is 10.2 Å². The molecule has 1 fully saturated rings. The van der Waals surface area contributed by atoms with Crippen molar-refractivity contribution in [1.29, 1.82) is 0 Å². The summed E-state index contributed by atoms with van der Waals surface area (Å²) < 4.78 is 0. The van der Waals surface area contributed by atoms with Crippen LogP contribution in [0.2, 0.25) is 5.02 Å². The summed E-state index contributed by atoms with van der Waals surface area (Å²) in [5, 5.41) is 7.70. The van der Waals surface area contributed by atoms with E-state index in [4.69, 9.17) is 11.6 Å². The van der Waals surface area contributed by atoms with Crippen molar-refractivity contribution in [1.82, 2.24) is 10.7 Å². The van der Waals surface area contributed by atoms with Gasteiger partial charge in [0, 0.05) is 17.0 Å². The van der Waals surface area contributed by atoms with E-state index in [2.05, 4.69) is 15.8 Å². The van der Waals surface area contributed by atoms with E-state index < -0.39 is 0 Å². The fraction of sp³-hybridized carbons (Fsp3) is 0.333. The van der Waals surface area contributed by atoms with Crippen LogP contribution in [0.1, 0.15) is 25.3 Å². The van der Waals surface area contributed by atoms with E-state index in [1.54, 1.807) is 0 Å². The van der Waals surface area contributed by atoms with Gasteiger partial charge < -0.3 is 5.32 Å². The van der Waals surface area contributed by atoms with Crippen LogP contribution in [-0.2, 0) is 4.79 Å². The molecule has 2 rings (SSSR count). The van der Waals surface area contributed by atoms with Gasteiger partial charge in [-0.25, -0.2) is 0 Å². The van der Waals surface area contributed by atoms with Crippen LogP contribution < -0.4 is 10.7 Å². The second-order valence-electron chi connectivity index (χ2n) is 3.96. The van der Waals surface area contributed by atoms with Gasteiger partial charge in [-0.15, -0.1) is 0 Å². The van der Waals surface area contributed by atoms with Gasteiger partial charge in [0.25, 0.3) is 0 Å². The minimum Gasteiger partial charge on any atom is -0.335 e. The van der Waals surface area contributed by atoms with Crippen molar-refractivity contribution in [3.63, 3.8) is 0 Å². The normalized spacial score (nSPS) is 20.2. The molecule has 0 aliphatic carbocycles. The third-order valence-electron chi connectivity index (χ3n) is 2.65. The van der Waals surface area contributed by atoms with Crippen molar-refractivity contribution in [2.45, 2.75) is 25.9 Å². The van der Waals surface area contributed by atoms with E-state index in [-0.39, 0.29) is 12.1 Å². The van der Waals surface area contributed by atoms with Gasteiger partial charge >= 0.3 is 0 Å². The Morgan fingerprint density at radius 2 is 2.29 bits per heavy atom. The van der Waals surface area contributed by atoms with Crippen LogP contribution in [0.25, 0.3) is 0 Å². The van der Waals surface area contributed by atoms with Crippen LogP contribution in [-0.4, -0.2) is 17.8 Å². The van der Waals surface area contributed by atoms with Crippen LogP contribution in [0.4, 0.5) is 0 Å². The van der Waals surface area contributed by atoms with Crippen molar-refractivity contribution in [3.05, 3.63) is 34.9 Å². The number of hydrazone groups is 1. The highest BCUT2D eigenvalue weighted by Gasteiger charge is 2.19. The van der Waals surface area contributed by atoms with Crippen molar-refractivity contribution in [3.8, 4) is 0 Å². The number of hydrogen-bond acceptors (Lipinski definition) is 3. The summed E-state index contributed by atoms with van der Waals surface area (Å²) >= 11 is 6.06. The highest BCUT2D eigenvalue weighted by molar-refractivity contribution is 6.34. The molecule has 1 atom stereocenters. The first kappa shape index (κ1) is 11.9. The summed E-state index contributed by atoms with van der Waals surface area (Å²) in [7, 11) is 0. The molecular weight excluding hydrogens is 238 g/mol. The zero-order chi connectivity index (χ0) is 12.3. The number of halogens is 1. The first-order chi connectivity index (χ1) is 8.16. The van der Waals surface area contributed by atoms with Gasteiger partial charge in [0.05, 0.1) is 5.71 Å². The Labute approximate surface area is 105 Å². The summed E-state index contributed by atoms with van der Waals surface area (Å²) in [6, 6.07) is 7.53. The Balaban J connectivity index is 2.02. The van der Waals surface area contributed by atoms with E-state index in [9.17, 15) is 4.79 Å². The number of rotatable bonds is 3. The first-order valence-corrected chi connectivity index (χ1v) is 5.88. The van der Waals surface area contributed by atoms with Crippen LogP contribution in [0, 0.1) is 0 Å². The molecule has 1 aromatic rings. The molecule has 1 amide bonds. The number of hydrogen-bond donors (Lipinski definition) is 2. The lowest BCUT2D eigenvalue weighted by atomic mass is 10.1. The number of benzene rings is 1. The molecule has 1 aromatic carbocycles. The van der Waals surface area contributed by atoms with E-state index in [0.717, 1.165) is 17.7 Å². The lowest BCUT2D eigenvalue weighted by molar-refractivity contribution is -0.119. The van der Waals surface area contributed by atoms with Crippen molar-refractivity contribution in [2.75, 3.05) is 0 Å². The topological polar surface area (TPSA) is 53.5 Å². The van der Waals surface area contributed by atoms with E-state index in [1.165, 1.54) is 0 Å². The first-order valence-electron chi connectivity index (χ1n) is 5.51. The largest absolute Gasteiger partial charge is 0.335 e. The summed E-state index contributed by atoms with van der Waals surface area (Å²) in [5.41, 5.74) is 4.63.